The highest BCUT2D eigenvalue weighted by Gasteiger charge is 2.62. The second kappa shape index (κ2) is 8.67. The van der Waals surface area contributed by atoms with Crippen molar-refractivity contribution in [3.05, 3.63) is 60.2 Å². The van der Waals surface area contributed by atoms with Crippen molar-refractivity contribution in [2.45, 2.75) is 30.1 Å². The normalized spacial score (nSPS) is 20.9. The summed E-state index contributed by atoms with van der Waals surface area (Å²) >= 11 is 6.96. The Hall–Kier alpha value is -1.84. The maximum atomic E-state index is 12.7. The lowest BCUT2D eigenvalue weighted by atomic mass is 10.1. The smallest absolute Gasteiger partial charge is 0.311 e. The summed E-state index contributed by atoms with van der Waals surface area (Å²) in [6.07, 6.45) is -0.141. The van der Waals surface area contributed by atoms with E-state index in [4.69, 9.17) is 9.47 Å². The van der Waals surface area contributed by atoms with Crippen molar-refractivity contribution in [2.75, 3.05) is 0 Å². The highest BCUT2D eigenvalue weighted by atomic mass is 79.9. The number of hydrogen-bond donors (Lipinski definition) is 0. The van der Waals surface area contributed by atoms with Crippen LogP contribution in [0.15, 0.2) is 54.6 Å². The number of nitriles is 1. The molecule has 1 aliphatic rings. The zero-order chi connectivity index (χ0) is 20.3. The van der Waals surface area contributed by atoms with Crippen molar-refractivity contribution in [1.82, 2.24) is 0 Å². The third-order valence-electron chi connectivity index (χ3n) is 5.23. The van der Waals surface area contributed by atoms with Crippen LogP contribution in [0.5, 0.6) is 11.5 Å². The molecular weight excluding hydrogens is 486 g/mol. The highest BCUT2D eigenvalue weighted by Crippen LogP contribution is 2.61. The summed E-state index contributed by atoms with van der Waals surface area (Å²) in [5.41, 5.74) is 0.466. The van der Waals surface area contributed by atoms with E-state index in [1.807, 2.05) is 30.3 Å². The fourth-order valence-corrected chi connectivity index (χ4v) is 4.37. The number of nitrogens with zero attached hydrogens (tertiary/aromatic N) is 1. The maximum absolute atomic E-state index is 12.7. The van der Waals surface area contributed by atoms with Gasteiger partial charge in [0.05, 0.1) is 9.65 Å². The lowest BCUT2D eigenvalue weighted by Gasteiger charge is -2.13. The molecule has 146 valence electrons. The summed E-state index contributed by atoms with van der Waals surface area (Å²) < 4.78 is 11.5. The van der Waals surface area contributed by atoms with E-state index in [-0.39, 0.29) is 27.0 Å². The number of ether oxygens (including phenoxy) is 2. The Morgan fingerprint density at radius 2 is 1.82 bits per heavy atom. The van der Waals surface area contributed by atoms with Gasteiger partial charge in [-0.2, -0.15) is 5.26 Å². The van der Waals surface area contributed by atoms with Gasteiger partial charge in [0, 0.05) is 5.56 Å². The molecule has 1 fully saturated rings. The first-order valence-corrected chi connectivity index (χ1v) is 10.9. The molecule has 3 rings (SSSR count). The average Bonchev–Trinajstić information content (AvgIpc) is 3.20. The van der Waals surface area contributed by atoms with Crippen molar-refractivity contribution >= 4 is 37.8 Å². The molecule has 0 N–H and O–H groups in total. The number of para-hydroxylation sites is 1. The van der Waals surface area contributed by atoms with E-state index in [2.05, 4.69) is 51.8 Å². The summed E-state index contributed by atoms with van der Waals surface area (Å²) in [6, 6.07) is 18.6. The zero-order valence-corrected chi connectivity index (χ0v) is 18.8. The standard InChI is InChI=1S/C22H21Br2NO3/c1-22(2)17(12-19(23)24)20(22)21(26)28-18(13-25)14-7-6-10-16(11-14)27-15-8-4-3-5-9-15/h3-11,17-20H,12H2,1-2H3/t17-,18?,20+/m0/s1. The van der Waals surface area contributed by atoms with Crippen LogP contribution < -0.4 is 4.74 Å². The monoisotopic (exact) mass is 505 g/mol. The van der Waals surface area contributed by atoms with Gasteiger partial charge in [0.2, 0.25) is 6.10 Å². The van der Waals surface area contributed by atoms with Gasteiger partial charge in [0.15, 0.2) is 0 Å². The van der Waals surface area contributed by atoms with Crippen LogP contribution in [0.25, 0.3) is 0 Å². The fourth-order valence-electron chi connectivity index (χ4n) is 3.57. The summed E-state index contributed by atoms with van der Waals surface area (Å²) in [4.78, 5) is 12.7. The highest BCUT2D eigenvalue weighted by molar-refractivity contribution is 9.24. The molecule has 6 heteroatoms. The van der Waals surface area contributed by atoms with E-state index < -0.39 is 6.10 Å². The van der Waals surface area contributed by atoms with Crippen molar-refractivity contribution < 1.29 is 14.3 Å². The number of benzene rings is 2. The molecule has 0 spiro atoms. The first-order chi connectivity index (χ1) is 13.3. The van der Waals surface area contributed by atoms with Crippen LogP contribution in [-0.2, 0) is 9.53 Å². The molecule has 1 saturated carbocycles. The number of carbonyl (C=O) groups is 1. The molecule has 1 aliphatic carbocycles. The molecule has 0 radical (unpaired) electrons. The second-order valence-corrected chi connectivity index (χ2v) is 10.9. The quantitative estimate of drug-likeness (QED) is 0.323. The lowest BCUT2D eigenvalue weighted by Crippen LogP contribution is -2.14. The van der Waals surface area contributed by atoms with Crippen LogP contribution in [0.3, 0.4) is 0 Å². The molecule has 2 aromatic carbocycles. The van der Waals surface area contributed by atoms with Gasteiger partial charge in [-0.15, -0.1) is 0 Å². The van der Waals surface area contributed by atoms with Gasteiger partial charge >= 0.3 is 5.97 Å². The molecule has 0 amide bonds. The van der Waals surface area contributed by atoms with Gasteiger partial charge in [-0.05, 0) is 42.0 Å². The van der Waals surface area contributed by atoms with E-state index >= 15 is 0 Å². The molecule has 28 heavy (non-hydrogen) atoms. The van der Waals surface area contributed by atoms with E-state index in [1.165, 1.54) is 0 Å². The van der Waals surface area contributed by atoms with Crippen molar-refractivity contribution in [1.29, 1.82) is 5.26 Å². The molecule has 4 nitrogen and oxygen atoms in total. The summed E-state index contributed by atoms with van der Waals surface area (Å²) in [7, 11) is 0. The number of rotatable bonds is 7. The first-order valence-electron chi connectivity index (χ1n) is 9.04. The van der Waals surface area contributed by atoms with E-state index in [0.717, 1.165) is 6.42 Å². The third kappa shape index (κ3) is 4.76. The predicted molar refractivity (Wildman–Crippen MR) is 114 cm³/mol. The Bertz CT molecular complexity index is 877. The zero-order valence-electron chi connectivity index (χ0n) is 15.6. The number of halogens is 2. The van der Waals surface area contributed by atoms with Gasteiger partial charge in [-0.25, -0.2) is 0 Å². The fraction of sp³-hybridized carbons (Fsp3) is 0.364. The Morgan fingerprint density at radius 1 is 1.14 bits per heavy atom. The molecule has 0 saturated heterocycles. The van der Waals surface area contributed by atoms with Gasteiger partial charge in [0.1, 0.15) is 17.6 Å². The van der Waals surface area contributed by atoms with Crippen LogP contribution in [0.1, 0.15) is 31.9 Å². The molecular formula is C22H21Br2NO3. The summed E-state index contributed by atoms with van der Waals surface area (Å²) in [5, 5.41) is 9.57. The van der Waals surface area contributed by atoms with Crippen LogP contribution in [0, 0.1) is 28.6 Å². The average molecular weight is 507 g/mol. The largest absolute Gasteiger partial charge is 0.457 e. The maximum Gasteiger partial charge on any atom is 0.311 e. The SMILES string of the molecule is CC1(C)[C@@H](CC(Br)Br)[C@@H]1C(=O)OC(C#N)c1cccc(Oc2ccccc2)c1. The Balaban J connectivity index is 1.70. The van der Waals surface area contributed by atoms with Crippen molar-refractivity contribution in [3.63, 3.8) is 0 Å². The van der Waals surface area contributed by atoms with Crippen molar-refractivity contribution in [2.24, 2.45) is 17.3 Å². The van der Waals surface area contributed by atoms with Gasteiger partial charge < -0.3 is 9.47 Å². The van der Waals surface area contributed by atoms with Crippen LogP contribution in [0.4, 0.5) is 0 Å². The molecule has 0 heterocycles. The molecule has 2 aromatic rings. The predicted octanol–water partition coefficient (Wildman–Crippen LogP) is 6.36. The van der Waals surface area contributed by atoms with E-state index in [9.17, 15) is 10.1 Å². The Kier molecular flexibility index (Phi) is 6.47. The second-order valence-electron chi connectivity index (χ2n) is 7.47. The summed E-state index contributed by atoms with van der Waals surface area (Å²) in [5.74, 6) is 0.981. The molecule has 0 aliphatic heterocycles. The number of hydrogen-bond acceptors (Lipinski definition) is 4. The van der Waals surface area contributed by atoms with Crippen LogP contribution in [0.2, 0.25) is 0 Å². The Labute approximate surface area is 182 Å². The lowest BCUT2D eigenvalue weighted by molar-refractivity contribution is -0.149. The molecule has 0 aromatic heterocycles. The van der Waals surface area contributed by atoms with Crippen LogP contribution in [-0.4, -0.2) is 9.71 Å². The van der Waals surface area contributed by atoms with Gasteiger partial charge in [0.25, 0.3) is 0 Å². The molecule has 1 unspecified atom stereocenters. The third-order valence-corrected chi connectivity index (χ3v) is 5.98. The van der Waals surface area contributed by atoms with Gasteiger partial charge in [-0.3, -0.25) is 4.79 Å². The number of alkyl halides is 2. The number of carbonyl (C=O) groups excluding carboxylic acids is 1. The minimum atomic E-state index is -0.965. The van der Waals surface area contributed by atoms with Gasteiger partial charge in [-0.1, -0.05) is 76.0 Å². The van der Waals surface area contributed by atoms with E-state index in [0.29, 0.717) is 17.1 Å². The number of esters is 1. The van der Waals surface area contributed by atoms with Crippen molar-refractivity contribution in [3.8, 4) is 17.6 Å². The van der Waals surface area contributed by atoms with Crippen LogP contribution >= 0.6 is 31.9 Å². The Morgan fingerprint density at radius 3 is 2.46 bits per heavy atom. The van der Waals surface area contributed by atoms with E-state index in [1.54, 1.807) is 24.3 Å². The minimum Gasteiger partial charge on any atom is -0.457 e. The molecule has 3 atom stereocenters. The first kappa shape index (κ1) is 20.9. The topological polar surface area (TPSA) is 59.3 Å². The molecule has 0 bridgehead atoms. The minimum absolute atomic E-state index is 0.130. The summed E-state index contributed by atoms with van der Waals surface area (Å²) in [6.45, 7) is 4.11.